The van der Waals surface area contributed by atoms with E-state index in [1.807, 2.05) is 13.8 Å². The van der Waals surface area contributed by atoms with E-state index in [0.717, 1.165) is 11.5 Å². The summed E-state index contributed by atoms with van der Waals surface area (Å²) in [5.41, 5.74) is 0.227. The van der Waals surface area contributed by atoms with E-state index in [2.05, 4.69) is 31.2 Å². The van der Waals surface area contributed by atoms with Crippen molar-refractivity contribution in [3.63, 3.8) is 0 Å². The Morgan fingerprint density at radius 1 is 1.15 bits per heavy atom. The average Bonchev–Trinajstić information content (AvgIpc) is 3.66. The van der Waals surface area contributed by atoms with Crippen molar-refractivity contribution in [3.05, 3.63) is 46.0 Å². The number of aromatic nitrogens is 3. The largest absolute Gasteiger partial charge is 0.481 e. The number of aliphatic carboxylic acids is 1. The molecule has 0 spiro atoms. The Morgan fingerprint density at radius 3 is 2.54 bits per heavy atom. The molecule has 0 fully saturated rings. The highest BCUT2D eigenvalue weighted by Crippen LogP contribution is 2.22. The third-order valence-corrected chi connectivity index (χ3v) is 7.64. The fourth-order valence-corrected chi connectivity index (χ4v) is 5.38. The SMILES string of the molecule is CC(=O)O.CC(C)C[C@@H]1NC(=O)[C@H]([C@@H](C)O)NC(=O)[C@@H](NC(=O)Cn2cnc3ccsc3c2=O)CCCCNC(=O)c2coc1n2. The number of amides is 4. The fourth-order valence-electron chi connectivity index (χ4n) is 4.59. The van der Waals surface area contributed by atoms with Crippen LogP contribution in [0.1, 0.15) is 75.8 Å². The van der Waals surface area contributed by atoms with Gasteiger partial charge in [-0.3, -0.25) is 33.3 Å². The van der Waals surface area contributed by atoms with Crippen molar-refractivity contribution >= 4 is 51.2 Å². The van der Waals surface area contributed by atoms with Crippen LogP contribution in [0.15, 0.2) is 33.2 Å². The highest BCUT2D eigenvalue weighted by Gasteiger charge is 2.33. The smallest absolute Gasteiger partial charge is 0.300 e. The zero-order valence-electron chi connectivity index (χ0n) is 25.9. The number of rotatable bonds is 6. The summed E-state index contributed by atoms with van der Waals surface area (Å²) in [6.07, 6.45) is 2.70. The summed E-state index contributed by atoms with van der Waals surface area (Å²) in [5.74, 6) is -3.02. The van der Waals surface area contributed by atoms with Crippen LogP contribution in [0.2, 0.25) is 0 Å². The third kappa shape index (κ3) is 10.2. The lowest BCUT2D eigenvalue weighted by molar-refractivity contribution is -0.134. The van der Waals surface area contributed by atoms with Crippen molar-refractivity contribution in [1.29, 1.82) is 0 Å². The number of aliphatic hydroxyl groups is 1. The number of carboxylic acid groups (broad SMARTS) is 1. The Labute approximate surface area is 268 Å². The van der Waals surface area contributed by atoms with Crippen LogP contribution < -0.4 is 26.8 Å². The molecule has 0 aromatic carbocycles. The van der Waals surface area contributed by atoms with Gasteiger partial charge in [0.15, 0.2) is 5.69 Å². The molecule has 4 rings (SSSR count). The topological polar surface area (TPSA) is 235 Å². The first-order valence-corrected chi connectivity index (χ1v) is 15.6. The lowest BCUT2D eigenvalue weighted by atomic mass is 10.0. The van der Waals surface area contributed by atoms with Crippen molar-refractivity contribution in [3.8, 4) is 0 Å². The van der Waals surface area contributed by atoms with Gasteiger partial charge in [0.1, 0.15) is 35.6 Å². The monoisotopic (exact) mass is 661 g/mol. The molecular formula is C29H39N7O9S. The normalized spacial score (nSPS) is 20.1. The minimum Gasteiger partial charge on any atom is -0.481 e. The van der Waals surface area contributed by atoms with Crippen LogP contribution in [0, 0.1) is 5.92 Å². The van der Waals surface area contributed by atoms with Gasteiger partial charge in [-0.1, -0.05) is 13.8 Å². The van der Waals surface area contributed by atoms with Crippen LogP contribution in [0.25, 0.3) is 10.2 Å². The Balaban J connectivity index is 0.00000136. The molecule has 4 atom stereocenters. The number of hydrogen-bond acceptors (Lipinski definition) is 11. The van der Waals surface area contributed by atoms with Crippen molar-refractivity contribution in [2.45, 2.75) is 84.2 Å². The van der Waals surface area contributed by atoms with E-state index < -0.39 is 53.8 Å². The molecule has 6 N–H and O–H groups in total. The molecule has 1 aliphatic heterocycles. The fraction of sp³-hybridized carbons (Fsp3) is 0.517. The van der Waals surface area contributed by atoms with Gasteiger partial charge < -0.3 is 35.9 Å². The number of oxazole rings is 1. The molecule has 2 bridgehead atoms. The van der Waals surface area contributed by atoms with Crippen molar-refractivity contribution in [1.82, 2.24) is 35.8 Å². The number of fused-ring (bicyclic) bond motifs is 3. The molecule has 0 radical (unpaired) electrons. The number of thiophene rings is 1. The van der Waals surface area contributed by atoms with Crippen molar-refractivity contribution in [2.24, 2.45) is 5.92 Å². The minimum atomic E-state index is -1.36. The zero-order chi connectivity index (χ0) is 34.0. The minimum absolute atomic E-state index is 0.0658. The summed E-state index contributed by atoms with van der Waals surface area (Å²) in [6, 6.07) is -1.46. The van der Waals surface area contributed by atoms with E-state index in [1.54, 1.807) is 11.4 Å². The maximum atomic E-state index is 13.4. The second-order valence-electron chi connectivity index (χ2n) is 11.2. The molecule has 1 aliphatic rings. The molecule has 46 heavy (non-hydrogen) atoms. The van der Waals surface area contributed by atoms with E-state index in [-0.39, 0.29) is 42.6 Å². The summed E-state index contributed by atoms with van der Waals surface area (Å²) in [5, 5.41) is 30.3. The molecule has 17 heteroatoms. The number of aliphatic hydroxyl groups excluding tert-OH is 1. The van der Waals surface area contributed by atoms with Gasteiger partial charge in [0.25, 0.3) is 17.4 Å². The molecule has 0 saturated heterocycles. The van der Waals surface area contributed by atoms with E-state index >= 15 is 0 Å². The number of nitrogens with zero attached hydrogens (tertiary/aromatic N) is 3. The van der Waals surface area contributed by atoms with E-state index in [1.165, 1.54) is 30.9 Å². The quantitative estimate of drug-likeness (QED) is 0.215. The third-order valence-electron chi connectivity index (χ3n) is 6.75. The molecular weight excluding hydrogens is 622 g/mol. The van der Waals surface area contributed by atoms with Gasteiger partial charge in [-0.15, -0.1) is 11.3 Å². The summed E-state index contributed by atoms with van der Waals surface area (Å²) in [6.45, 7) is 6.24. The molecule has 250 valence electrons. The molecule has 3 aromatic heterocycles. The number of nitrogens with one attached hydrogen (secondary N) is 4. The van der Waals surface area contributed by atoms with Gasteiger partial charge in [0, 0.05) is 13.5 Å². The first-order chi connectivity index (χ1) is 21.8. The van der Waals surface area contributed by atoms with Crippen LogP contribution >= 0.6 is 11.3 Å². The van der Waals surface area contributed by atoms with E-state index in [4.69, 9.17) is 14.3 Å². The summed E-state index contributed by atoms with van der Waals surface area (Å²) in [7, 11) is 0. The number of carbonyl (C=O) groups excluding carboxylic acids is 4. The molecule has 4 heterocycles. The maximum Gasteiger partial charge on any atom is 0.300 e. The zero-order valence-corrected chi connectivity index (χ0v) is 26.8. The highest BCUT2D eigenvalue weighted by molar-refractivity contribution is 7.17. The average molecular weight is 662 g/mol. The lowest BCUT2D eigenvalue weighted by Gasteiger charge is -2.27. The highest BCUT2D eigenvalue weighted by atomic mass is 32.1. The molecule has 0 unspecified atom stereocenters. The predicted molar refractivity (Wildman–Crippen MR) is 166 cm³/mol. The van der Waals surface area contributed by atoms with Gasteiger partial charge in [0.2, 0.25) is 23.6 Å². The Hall–Kier alpha value is -4.64. The first-order valence-electron chi connectivity index (χ1n) is 14.7. The number of carboxylic acids is 1. The molecule has 3 aromatic rings. The van der Waals surface area contributed by atoms with Gasteiger partial charge in [-0.05, 0) is 50.0 Å². The molecule has 16 nitrogen and oxygen atoms in total. The Morgan fingerprint density at radius 2 is 1.87 bits per heavy atom. The van der Waals surface area contributed by atoms with Crippen molar-refractivity contribution in [2.75, 3.05) is 6.54 Å². The standard InChI is InChI=1S/C27H35N7O7S.C2H4O2/c1-14(2)10-18-26-32-19(12-41-26)23(37)28-8-5-4-6-17(24(38)33-21(15(3)35)25(39)31-18)30-20(36)11-34-13-29-16-7-9-42-22(16)27(34)40;1-2(3)4/h7,9,12-15,17-18,21,35H,4-6,8,10-11H2,1-3H3,(H,28,37)(H,30,36)(H,31,39)(H,33,38);1H3,(H,3,4)/t15-,17+,18+,21+;/m1./s1. The Bertz CT molecular complexity index is 1590. The van der Waals surface area contributed by atoms with Gasteiger partial charge in [-0.2, -0.15) is 0 Å². The van der Waals surface area contributed by atoms with Crippen LogP contribution in [-0.4, -0.2) is 79.1 Å². The van der Waals surface area contributed by atoms with Crippen LogP contribution in [-0.2, 0) is 25.7 Å². The van der Waals surface area contributed by atoms with Gasteiger partial charge in [-0.25, -0.2) is 9.97 Å². The van der Waals surface area contributed by atoms with Crippen LogP contribution in [0.3, 0.4) is 0 Å². The van der Waals surface area contributed by atoms with Gasteiger partial charge >= 0.3 is 0 Å². The second-order valence-corrected chi connectivity index (χ2v) is 12.1. The number of hydrogen-bond donors (Lipinski definition) is 6. The van der Waals surface area contributed by atoms with Crippen LogP contribution in [0.4, 0.5) is 0 Å². The van der Waals surface area contributed by atoms with Gasteiger partial charge in [0.05, 0.1) is 17.9 Å². The molecule has 0 saturated carbocycles. The van der Waals surface area contributed by atoms with E-state index in [0.29, 0.717) is 29.5 Å². The second kappa shape index (κ2) is 16.6. The van der Waals surface area contributed by atoms with E-state index in [9.17, 15) is 29.1 Å². The van der Waals surface area contributed by atoms with Crippen LogP contribution in [0.5, 0.6) is 0 Å². The number of carbonyl (C=O) groups is 5. The Kier molecular flexibility index (Phi) is 12.9. The van der Waals surface area contributed by atoms with Crippen molar-refractivity contribution < 1.29 is 38.6 Å². The lowest BCUT2D eigenvalue weighted by Crippen LogP contribution is -2.57. The summed E-state index contributed by atoms with van der Waals surface area (Å²) in [4.78, 5) is 82.4. The summed E-state index contributed by atoms with van der Waals surface area (Å²) < 4.78 is 7.09. The maximum absolute atomic E-state index is 13.4. The molecule has 4 amide bonds. The first kappa shape index (κ1) is 35.8. The summed E-state index contributed by atoms with van der Waals surface area (Å²) >= 11 is 1.22. The molecule has 0 aliphatic carbocycles. The predicted octanol–water partition coefficient (Wildman–Crippen LogP) is 0.705.